The van der Waals surface area contributed by atoms with Crippen molar-refractivity contribution in [3.8, 4) is 0 Å². The molecular weight excluding hydrogens is 322 g/mol. The Bertz CT molecular complexity index is 617. The molecule has 9 heteroatoms. The van der Waals surface area contributed by atoms with Gasteiger partial charge in [0, 0.05) is 6.54 Å². The second-order valence-electron chi connectivity index (χ2n) is 4.82. The number of carbonyl (C=O) groups is 2. The Labute approximate surface area is 128 Å². The first-order valence-corrected chi connectivity index (χ1v) is 6.59. The van der Waals surface area contributed by atoms with E-state index in [0.29, 0.717) is 0 Å². The molecule has 0 saturated carbocycles. The van der Waals surface area contributed by atoms with E-state index in [1.807, 2.05) is 0 Å². The van der Waals surface area contributed by atoms with Crippen LogP contribution in [-0.2, 0) is 20.4 Å². The topological polar surface area (TPSA) is 55.8 Å². The maximum absolute atomic E-state index is 13.1. The molecule has 1 aromatic carbocycles. The van der Waals surface area contributed by atoms with Crippen molar-refractivity contribution in [2.45, 2.75) is 12.3 Å². The van der Waals surface area contributed by atoms with Crippen molar-refractivity contribution in [1.29, 1.82) is 0 Å². The fraction of sp³-hybridized carbons (Fsp3) is 0.429. The van der Waals surface area contributed by atoms with Crippen molar-refractivity contribution in [2.24, 2.45) is 0 Å². The molecule has 1 amide bonds. The molecule has 1 saturated heterocycles. The number of morpholine rings is 1. The quantitative estimate of drug-likeness (QED) is 0.611. The number of hydrogen-bond acceptors (Lipinski definition) is 4. The highest BCUT2D eigenvalue weighted by Gasteiger charge is 2.38. The van der Waals surface area contributed by atoms with Crippen LogP contribution in [0.25, 0.3) is 0 Å². The molecule has 1 fully saturated rings. The molecule has 5 nitrogen and oxygen atoms in total. The van der Waals surface area contributed by atoms with Crippen LogP contribution in [0.5, 0.6) is 0 Å². The fourth-order valence-corrected chi connectivity index (χ4v) is 2.22. The van der Waals surface area contributed by atoms with Crippen LogP contribution in [0.4, 0.5) is 17.6 Å². The Balaban J connectivity index is 2.28. The number of rotatable bonds is 2. The summed E-state index contributed by atoms with van der Waals surface area (Å²) < 4.78 is 61.6. The van der Waals surface area contributed by atoms with E-state index in [4.69, 9.17) is 4.74 Å². The van der Waals surface area contributed by atoms with Crippen molar-refractivity contribution in [3.63, 3.8) is 0 Å². The Morgan fingerprint density at radius 1 is 1.35 bits per heavy atom. The van der Waals surface area contributed by atoms with Gasteiger partial charge in [0.25, 0.3) is 5.91 Å². The second-order valence-corrected chi connectivity index (χ2v) is 4.82. The van der Waals surface area contributed by atoms with Crippen LogP contribution in [-0.4, -0.2) is 49.7 Å². The van der Waals surface area contributed by atoms with E-state index in [-0.39, 0.29) is 25.8 Å². The molecule has 0 N–H and O–H groups in total. The Morgan fingerprint density at radius 3 is 2.65 bits per heavy atom. The van der Waals surface area contributed by atoms with Gasteiger partial charge in [-0.25, -0.2) is 9.18 Å². The molecule has 1 atom stereocenters. The minimum absolute atomic E-state index is 0.0149. The van der Waals surface area contributed by atoms with Crippen molar-refractivity contribution in [3.05, 3.63) is 35.1 Å². The molecule has 0 aliphatic carbocycles. The van der Waals surface area contributed by atoms with Gasteiger partial charge in [0.1, 0.15) is 5.82 Å². The van der Waals surface area contributed by atoms with E-state index < -0.39 is 41.1 Å². The summed E-state index contributed by atoms with van der Waals surface area (Å²) in [5, 5.41) is 0. The Kier molecular flexibility index (Phi) is 4.88. The minimum Gasteiger partial charge on any atom is -0.467 e. The van der Waals surface area contributed by atoms with Crippen LogP contribution in [0.2, 0.25) is 0 Å². The van der Waals surface area contributed by atoms with E-state index in [0.717, 1.165) is 24.1 Å². The largest absolute Gasteiger partial charge is 0.467 e. The van der Waals surface area contributed by atoms with Crippen LogP contribution in [0.1, 0.15) is 15.9 Å². The smallest absolute Gasteiger partial charge is 0.417 e. The molecule has 0 spiro atoms. The van der Waals surface area contributed by atoms with Crippen molar-refractivity contribution >= 4 is 11.9 Å². The number of benzene rings is 1. The summed E-state index contributed by atoms with van der Waals surface area (Å²) in [6.45, 7) is -0.241. The van der Waals surface area contributed by atoms with Gasteiger partial charge in [-0.3, -0.25) is 4.79 Å². The first-order valence-electron chi connectivity index (χ1n) is 6.59. The molecule has 126 valence electrons. The average Bonchev–Trinajstić information content (AvgIpc) is 2.52. The highest BCUT2D eigenvalue weighted by atomic mass is 19.4. The van der Waals surface area contributed by atoms with Crippen LogP contribution in [0, 0.1) is 5.82 Å². The Morgan fingerprint density at radius 2 is 2.04 bits per heavy atom. The van der Waals surface area contributed by atoms with Crippen LogP contribution in [0.3, 0.4) is 0 Å². The van der Waals surface area contributed by atoms with Gasteiger partial charge in [-0.1, -0.05) is 0 Å². The van der Waals surface area contributed by atoms with E-state index >= 15 is 0 Å². The molecule has 1 aromatic rings. The molecule has 1 aliphatic rings. The van der Waals surface area contributed by atoms with Gasteiger partial charge >= 0.3 is 12.1 Å². The molecule has 2 rings (SSSR count). The summed E-state index contributed by atoms with van der Waals surface area (Å²) >= 11 is 0. The summed E-state index contributed by atoms with van der Waals surface area (Å²) in [7, 11) is 1.13. The number of carbonyl (C=O) groups excluding carboxylic acids is 2. The first-order chi connectivity index (χ1) is 10.7. The summed E-state index contributed by atoms with van der Waals surface area (Å²) in [5.74, 6) is -2.77. The van der Waals surface area contributed by atoms with Gasteiger partial charge in [-0.05, 0) is 18.2 Å². The SMILES string of the molecule is COC(=O)C1CN(C(=O)c2ccc(F)cc2C(F)(F)F)CCO1. The highest BCUT2D eigenvalue weighted by molar-refractivity contribution is 5.96. The molecule has 1 heterocycles. The molecule has 1 aliphatic heterocycles. The van der Waals surface area contributed by atoms with Crippen molar-refractivity contribution in [2.75, 3.05) is 26.8 Å². The zero-order chi connectivity index (χ0) is 17.2. The Hall–Kier alpha value is -2.16. The zero-order valence-corrected chi connectivity index (χ0v) is 12.0. The van der Waals surface area contributed by atoms with Crippen LogP contribution >= 0.6 is 0 Å². The maximum atomic E-state index is 13.1. The lowest BCUT2D eigenvalue weighted by Crippen LogP contribution is -2.49. The van der Waals surface area contributed by atoms with E-state index in [9.17, 15) is 27.2 Å². The molecule has 23 heavy (non-hydrogen) atoms. The number of amides is 1. The number of hydrogen-bond donors (Lipinski definition) is 0. The molecule has 1 unspecified atom stereocenters. The number of halogens is 4. The van der Waals surface area contributed by atoms with Gasteiger partial charge in [0.15, 0.2) is 6.10 Å². The van der Waals surface area contributed by atoms with Crippen molar-refractivity contribution < 1.29 is 36.6 Å². The lowest BCUT2D eigenvalue weighted by molar-refractivity contribution is -0.158. The minimum atomic E-state index is -4.87. The normalized spacial score (nSPS) is 18.7. The predicted octanol–water partition coefficient (Wildman–Crippen LogP) is 1.86. The highest BCUT2D eigenvalue weighted by Crippen LogP contribution is 2.33. The number of ether oxygens (including phenoxy) is 2. The maximum Gasteiger partial charge on any atom is 0.417 e. The number of esters is 1. The van der Waals surface area contributed by atoms with Gasteiger partial charge in [0.05, 0.1) is 31.4 Å². The lowest BCUT2D eigenvalue weighted by Gasteiger charge is -2.32. The van der Waals surface area contributed by atoms with Gasteiger partial charge < -0.3 is 14.4 Å². The van der Waals surface area contributed by atoms with Crippen LogP contribution in [0.15, 0.2) is 18.2 Å². The first kappa shape index (κ1) is 17.2. The van der Waals surface area contributed by atoms with Gasteiger partial charge in [0.2, 0.25) is 0 Å². The van der Waals surface area contributed by atoms with E-state index in [2.05, 4.69) is 4.74 Å². The van der Waals surface area contributed by atoms with Crippen LogP contribution < -0.4 is 0 Å². The molecule has 0 bridgehead atoms. The third kappa shape index (κ3) is 3.79. The summed E-state index contributed by atoms with van der Waals surface area (Å²) in [5.41, 5.74) is -2.03. The third-order valence-corrected chi connectivity index (χ3v) is 3.34. The second kappa shape index (κ2) is 6.53. The predicted molar refractivity (Wildman–Crippen MR) is 69.1 cm³/mol. The number of alkyl halides is 3. The summed E-state index contributed by atoms with van der Waals surface area (Å²) in [6, 6.07) is 1.83. The molecule has 0 aromatic heterocycles. The van der Waals surface area contributed by atoms with Crippen molar-refractivity contribution in [1.82, 2.24) is 4.90 Å². The third-order valence-electron chi connectivity index (χ3n) is 3.34. The van der Waals surface area contributed by atoms with Gasteiger partial charge in [-0.15, -0.1) is 0 Å². The molecule has 0 radical (unpaired) electrons. The van der Waals surface area contributed by atoms with Gasteiger partial charge in [-0.2, -0.15) is 13.2 Å². The molecular formula is C14H13F4NO4. The van der Waals surface area contributed by atoms with E-state index in [1.54, 1.807) is 0 Å². The summed E-state index contributed by atoms with van der Waals surface area (Å²) in [6.07, 6.45) is -5.94. The fourth-order valence-electron chi connectivity index (χ4n) is 2.22. The zero-order valence-electron chi connectivity index (χ0n) is 12.0. The standard InChI is InChI=1S/C14H13F4NO4/c1-22-13(21)11-7-19(4-5-23-11)12(20)9-3-2-8(15)6-10(9)14(16,17)18/h2-3,6,11H,4-5,7H2,1H3. The van der Waals surface area contributed by atoms with E-state index in [1.165, 1.54) is 0 Å². The number of methoxy groups -OCH3 is 1. The number of nitrogens with zero attached hydrogens (tertiary/aromatic N) is 1. The average molecular weight is 335 g/mol. The summed E-state index contributed by atoms with van der Waals surface area (Å²) in [4.78, 5) is 24.8. The monoisotopic (exact) mass is 335 g/mol. The lowest BCUT2D eigenvalue weighted by atomic mass is 10.0.